The number of carbonyl (C=O) groups is 1. The molecule has 128 valence electrons. The zero-order chi connectivity index (χ0) is 14.4. The first-order valence-corrected chi connectivity index (χ1v) is 7.39. The molecule has 1 saturated heterocycles. The molecule has 3 atom stereocenters. The number of rotatable bonds is 6. The molecule has 3 N–H and O–H groups in total. The lowest BCUT2D eigenvalue weighted by Crippen LogP contribution is -2.55. The highest BCUT2D eigenvalue weighted by molar-refractivity contribution is 5.85. The number of aliphatic hydroxyl groups is 1. The summed E-state index contributed by atoms with van der Waals surface area (Å²) in [5.41, 5.74) is 5.69. The molecule has 3 unspecified atom stereocenters. The van der Waals surface area contributed by atoms with Crippen molar-refractivity contribution in [3.05, 3.63) is 0 Å². The third-order valence-electron chi connectivity index (χ3n) is 3.74. The number of β-amino-alcohol motifs (C(OH)–C–C–N with tert-alkyl or cyclic N) is 1. The van der Waals surface area contributed by atoms with E-state index < -0.39 is 0 Å². The summed E-state index contributed by atoms with van der Waals surface area (Å²) in [5, 5.41) is 9.50. The fraction of sp³-hybridized carbons (Fsp3) is 0.929. The summed E-state index contributed by atoms with van der Waals surface area (Å²) in [6.07, 6.45) is 1.99. The first-order valence-electron chi connectivity index (χ1n) is 7.39. The summed E-state index contributed by atoms with van der Waals surface area (Å²) in [6, 6.07) is 0.449. The van der Waals surface area contributed by atoms with Gasteiger partial charge in [-0.2, -0.15) is 0 Å². The van der Waals surface area contributed by atoms with Gasteiger partial charge in [0.2, 0.25) is 5.91 Å². The molecule has 1 rings (SSSR count). The van der Waals surface area contributed by atoms with Gasteiger partial charge in [0.1, 0.15) is 0 Å². The molecule has 1 amide bonds. The molecule has 0 bridgehead atoms. The van der Waals surface area contributed by atoms with E-state index in [1.54, 1.807) is 0 Å². The van der Waals surface area contributed by atoms with Gasteiger partial charge >= 0.3 is 0 Å². The average Bonchev–Trinajstić information content (AvgIpc) is 2.35. The van der Waals surface area contributed by atoms with Gasteiger partial charge in [0.15, 0.2) is 0 Å². The fourth-order valence-corrected chi connectivity index (χ4v) is 2.60. The molecule has 0 radical (unpaired) electrons. The van der Waals surface area contributed by atoms with Crippen LogP contribution in [0.5, 0.6) is 0 Å². The minimum absolute atomic E-state index is 0. The predicted octanol–water partition coefficient (Wildman–Crippen LogP) is 1.26. The van der Waals surface area contributed by atoms with E-state index in [-0.39, 0.29) is 42.9 Å². The predicted molar refractivity (Wildman–Crippen MR) is 91.3 cm³/mol. The molecule has 0 aromatic rings. The van der Waals surface area contributed by atoms with Crippen molar-refractivity contribution in [3.8, 4) is 0 Å². The Labute approximate surface area is 141 Å². The average molecular weight is 344 g/mol. The monoisotopic (exact) mass is 343 g/mol. The van der Waals surface area contributed by atoms with Crippen molar-refractivity contribution in [1.29, 1.82) is 0 Å². The van der Waals surface area contributed by atoms with Crippen LogP contribution >= 0.6 is 24.8 Å². The zero-order valence-electron chi connectivity index (χ0n) is 13.3. The maximum Gasteiger partial charge on any atom is 0.222 e. The van der Waals surface area contributed by atoms with Crippen molar-refractivity contribution in [2.45, 2.75) is 58.2 Å². The number of piperazine rings is 1. The van der Waals surface area contributed by atoms with Crippen LogP contribution < -0.4 is 5.73 Å². The van der Waals surface area contributed by atoms with Crippen LogP contribution in [0.25, 0.3) is 0 Å². The van der Waals surface area contributed by atoms with Crippen LogP contribution in [-0.4, -0.2) is 65.2 Å². The second-order valence-electron chi connectivity index (χ2n) is 5.76. The summed E-state index contributed by atoms with van der Waals surface area (Å²) in [7, 11) is 0. The molecule has 1 heterocycles. The van der Waals surface area contributed by atoms with Gasteiger partial charge in [0, 0.05) is 44.7 Å². The van der Waals surface area contributed by atoms with Crippen molar-refractivity contribution >= 4 is 30.7 Å². The maximum atomic E-state index is 12.1. The molecule has 1 aliphatic heterocycles. The number of carbonyl (C=O) groups excluding carboxylic acids is 1. The van der Waals surface area contributed by atoms with E-state index >= 15 is 0 Å². The van der Waals surface area contributed by atoms with E-state index in [2.05, 4.69) is 11.8 Å². The molecule has 0 saturated carbocycles. The van der Waals surface area contributed by atoms with Gasteiger partial charge in [-0.3, -0.25) is 9.69 Å². The summed E-state index contributed by atoms with van der Waals surface area (Å²) >= 11 is 0. The number of hydrogen-bond donors (Lipinski definition) is 2. The number of nitrogens with zero attached hydrogens (tertiary/aromatic N) is 2. The summed E-state index contributed by atoms with van der Waals surface area (Å²) < 4.78 is 0. The Morgan fingerprint density at radius 1 is 1.33 bits per heavy atom. The molecular formula is C14H31Cl2N3O2. The highest BCUT2D eigenvalue weighted by Crippen LogP contribution is 2.15. The van der Waals surface area contributed by atoms with Gasteiger partial charge in [0.25, 0.3) is 0 Å². The van der Waals surface area contributed by atoms with E-state index in [1.165, 1.54) is 0 Å². The molecule has 0 aromatic heterocycles. The van der Waals surface area contributed by atoms with Gasteiger partial charge in [-0.1, -0.05) is 6.92 Å². The molecule has 5 nitrogen and oxygen atoms in total. The minimum atomic E-state index is -0.311. The van der Waals surface area contributed by atoms with Gasteiger partial charge in [-0.25, -0.2) is 0 Å². The zero-order valence-corrected chi connectivity index (χ0v) is 15.0. The van der Waals surface area contributed by atoms with Crippen molar-refractivity contribution in [1.82, 2.24) is 9.80 Å². The van der Waals surface area contributed by atoms with Crippen LogP contribution in [0.15, 0.2) is 0 Å². The largest absolute Gasteiger partial charge is 0.392 e. The molecule has 1 fully saturated rings. The Balaban J connectivity index is 0. The summed E-state index contributed by atoms with van der Waals surface area (Å²) in [6.45, 7) is 8.97. The number of nitrogens with two attached hydrogens (primary N) is 1. The third kappa shape index (κ3) is 8.21. The Bertz CT molecular complexity index is 291. The lowest BCUT2D eigenvalue weighted by molar-refractivity contribution is -0.134. The van der Waals surface area contributed by atoms with Crippen LogP contribution in [0.3, 0.4) is 0 Å². The molecule has 0 aromatic carbocycles. The van der Waals surface area contributed by atoms with E-state index in [1.807, 2.05) is 18.7 Å². The van der Waals surface area contributed by atoms with Crippen LogP contribution in [0.4, 0.5) is 0 Å². The van der Waals surface area contributed by atoms with E-state index in [4.69, 9.17) is 5.73 Å². The molecule has 0 spiro atoms. The Morgan fingerprint density at radius 2 is 1.95 bits per heavy atom. The van der Waals surface area contributed by atoms with Crippen molar-refractivity contribution < 1.29 is 9.90 Å². The topological polar surface area (TPSA) is 69.8 Å². The smallest absolute Gasteiger partial charge is 0.222 e. The SMILES string of the molecule is CCC1CN(C(=O)CCC(C)N)CCN1CC(C)O.Cl.Cl. The molecule has 0 aliphatic carbocycles. The van der Waals surface area contributed by atoms with Gasteiger partial charge < -0.3 is 15.7 Å². The Hall–Kier alpha value is -0.0700. The van der Waals surface area contributed by atoms with E-state index in [0.29, 0.717) is 19.0 Å². The third-order valence-corrected chi connectivity index (χ3v) is 3.74. The highest BCUT2D eigenvalue weighted by atomic mass is 35.5. The Morgan fingerprint density at radius 3 is 2.43 bits per heavy atom. The minimum Gasteiger partial charge on any atom is -0.392 e. The second kappa shape index (κ2) is 11.5. The van der Waals surface area contributed by atoms with Crippen LogP contribution in [0.2, 0.25) is 0 Å². The highest BCUT2D eigenvalue weighted by Gasteiger charge is 2.28. The Kier molecular flexibility index (Phi) is 12.7. The normalized spacial score (nSPS) is 22.0. The summed E-state index contributed by atoms with van der Waals surface area (Å²) in [5.74, 6) is 0.215. The van der Waals surface area contributed by atoms with E-state index in [0.717, 1.165) is 32.5 Å². The molecule has 7 heteroatoms. The van der Waals surface area contributed by atoms with Crippen LogP contribution in [0, 0.1) is 0 Å². The number of halogens is 2. The van der Waals surface area contributed by atoms with Crippen molar-refractivity contribution in [3.63, 3.8) is 0 Å². The van der Waals surface area contributed by atoms with Crippen molar-refractivity contribution in [2.24, 2.45) is 5.73 Å². The first-order chi connectivity index (χ1) is 8.93. The van der Waals surface area contributed by atoms with Gasteiger partial charge in [-0.05, 0) is 26.7 Å². The maximum absolute atomic E-state index is 12.1. The fourth-order valence-electron chi connectivity index (χ4n) is 2.60. The quantitative estimate of drug-likeness (QED) is 0.761. The second-order valence-corrected chi connectivity index (χ2v) is 5.76. The number of amides is 1. The first kappa shape index (κ1) is 23.2. The molecular weight excluding hydrogens is 313 g/mol. The molecule has 21 heavy (non-hydrogen) atoms. The van der Waals surface area contributed by atoms with Crippen LogP contribution in [0.1, 0.15) is 40.0 Å². The summed E-state index contributed by atoms with van der Waals surface area (Å²) in [4.78, 5) is 16.3. The number of hydrogen-bond acceptors (Lipinski definition) is 4. The van der Waals surface area contributed by atoms with Crippen LogP contribution in [-0.2, 0) is 4.79 Å². The van der Waals surface area contributed by atoms with Crippen molar-refractivity contribution in [2.75, 3.05) is 26.2 Å². The lowest BCUT2D eigenvalue weighted by atomic mass is 10.1. The lowest BCUT2D eigenvalue weighted by Gasteiger charge is -2.41. The van der Waals surface area contributed by atoms with E-state index in [9.17, 15) is 9.90 Å². The van der Waals surface area contributed by atoms with Gasteiger partial charge in [-0.15, -0.1) is 24.8 Å². The molecule has 1 aliphatic rings. The van der Waals surface area contributed by atoms with Gasteiger partial charge in [0.05, 0.1) is 6.10 Å². The standard InChI is InChI=1S/C14H29N3O2.2ClH/c1-4-13-10-17(14(19)6-5-11(2)15)8-7-16(13)9-12(3)18;;/h11-13,18H,4-10,15H2,1-3H3;2*1H. The number of aliphatic hydroxyl groups excluding tert-OH is 1.